The van der Waals surface area contributed by atoms with Gasteiger partial charge >= 0.3 is 0 Å². The summed E-state index contributed by atoms with van der Waals surface area (Å²) in [6.07, 6.45) is 1.29. The third-order valence-electron chi connectivity index (χ3n) is 1.97. The van der Waals surface area contributed by atoms with Crippen LogP contribution < -0.4 is 4.74 Å². The lowest BCUT2D eigenvalue weighted by atomic mass is 10.1. The average molecular weight is 264 g/mol. The van der Waals surface area contributed by atoms with Crippen molar-refractivity contribution in [1.82, 2.24) is 0 Å². The quantitative estimate of drug-likeness (QED) is 0.574. The maximum atomic E-state index is 11.0. The van der Waals surface area contributed by atoms with E-state index in [9.17, 15) is 4.79 Å². The van der Waals surface area contributed by atoms with E-state index in [0.29, 0.717) is 11.3 Å². The molecular formula is C10H5Cl3O2. The van der Waals surface area contributed by atoms with Crippen molar-refractivity contribution in [2.75, 3.05) is 0 Å². The molecule has 0 fully saturated rings. The van der Waals surface area contributed by atoms with Gasteiger partial charge in [0, 0.05) is 11.6 Å². The molecule has 5 heteroatoms. The maximum Gasteiger partial charge on any atom is 0.287 e. The summed E-state index contributed by atoms with van der Waals surface area (Å²) in [6.45, 7) is 0. The number of carbonyl (C=O) groups is 1. The fourth-order valence-corrected chi connectivity index (χ4v) is 1.92. The second-order valence-corrected chi connectivity index (χ2v) is 4.73. The van der Waals surface area contributed by atoms with Gasteiger partial charge < -0.3 is 4.74 Å². The standard InChI is InChI=1S/C10H5Cl3O2/c11-9(14)8-5-10(12,13)6-3-1-2-4-7(6)15-8/h1-5H. The predicted molar refractivity (Wildman–Crippen MR) is 59.4 cm³/mol. The summed E-state index contributed by atoms with van der Waals surface area (Å²) in [7, 11) is 0. The molecule has 0 amide bonds. The van der Waals surface area contributed by atoms with E-state index in [4.69, 9.17) is 39.5 Å². The second-order valence-electron chi connectivity index (χ2n) is 3.00. The molecule has 0 saturated carbocycles. The smallest absolute Gasteiger partial charge is 0.287 e. The molecule has 1 aromatic rings. The van der Waals surface area contributed by atoms with Crippen LogP contribution in [0.1, 0.15) is 5.56 Å². The van der Waals surface area contributed by atoms with Crippen LogP contribution in [0.3, 0.4) is 0 Å². The van der Waals surface area contributed by atoms with Crippen LogP contribution in [0.2, 0.25) is 0 Å². The van der Waals surface area contributed by atoms with Crippen molar-refractivity contribution in [1.29, 1.82) is 0 Å². The van der Waals surface area contributed by atoms with Gasteiger partial charge in [-0.1, -0.05) is 41.4 Å². The summed E-state index contributed by atoms with van der Waals surface area (Å²) in [5.41, 5.74) is 0.593. The van der Waals surface area contributed by atoms with Gasteiger partial charge in [-0.3, -0.25) is 4.79 Å². The van der Waals surface area contributed by atoms with E-state index in [1.165, 1.54) is 6.08 Å². The van der Waals surface area contributed by atoms with Crippen LogP contribution in [0.15, 0.2) is 36.1 Å². The van der Waals surface area contributed by atoms with E-state index in [0.717, 1.165) is 0 Å². The van der Waals surface area contributed by atoms with E-state index in [2.05, 4.69) is 0 Å². The molecule has 78 valence electrons. The number of benzene rings is 1. The number of para-hydroxylation sites is 1. The van der Waals surface area contributed by atoms with Gasteiger partial charge in [0.2, 0.25) is 0 Å². The number of alkyl halides is 2. The van der Waals surface area contributed by atoms with E-state index in [1.807, 2.05) is 0 Å². The number of hydrogen-bond acceptors (Lipinski definition) is 2. The van der Waals surface area contributed by atoms with Crippen molar-refractivity contribution in [3.63, 3.8) is 0 Å². The molecule has 1 aliphatic rings. The molecule has 1 heterocycles. The zero-order valence-corrected chi connectivity index (χ0v) is 9.60. The maximum absolute atomic E-state index is 11.0. The number of carbonyl (C=O) groups excluding carboxylic acids is 1. The van der Waals surface area contributed by atoms with Crippen molar-refractivity contribution >= 4 is 40.0 Å². The summed E-state index contributed by atoms with van der Waals surface area (Å²) in [5, 5.41) is -0.727. The Morgan fingerprint density at radius 1 is 1.27 bits per heavy atom. The first-order valence-electron chi connectivity index (χ1n) is 4.08. The monoisotopic (exact) mass is 262 g/mol. The van der Waals surface area contributed by atoms with Crippen LogP contribution in [-0.2, 0) is 9.13 Å². The summed E-state index contributed by atoms with van der Waals surface area (Å²) in [5.74, 6) is 0.384. The molecule has 0 N–H and O–H groups in total. The number of halogens is 3. The number of rotatable bonds is 1. The largest absolute Gasteiger partial charge is 0.452 e. The molecule has 0 atom stereocenters. The van der Waals surface area contributed by atoms with Crippen molar-refractivity contribution < 1.29 is 9.53 Å². The number of ether oxygens (including phenoxy) is 1. The summed E-state index contributed by atoms with van der Waals surface area (Å²) >= 11 is 17.4. The first kappa shape index (κ1) is 10.8. The van der Waals surface area contributed by atoms with Crippen LogP contribution in [-0.4, -0.2) is 5.24 Å². The first-order valence-corrected chi connectivity index (χ1v) is 5.22. The highest BCUT2D eigenvalue weighted by Crippen LogP contribution is 2.45. The van der Waals surface area contributed by atoms with Crippen molar-refractivity contribution in [3.05, 3.63) is 41.7 Å². The third-order valence-corrected chi connectivity index (χ3v) is 2.78. The minimum absolute atomic E-state index is 0.0552. The lowest BCUT2D eigenvalue weighted by molar-refractivity contribution is -0.110. The molecule has 0 spiro atoms. The molecule has 1 aromatic carbocycles. The highest BCUT2D eigenvalue weighted by atomic mass is 35.5. The fourth-order valence-electron chi connectivity index (χ4n) is 1.32. The average Bonchev–Trinajstić information content (AvgIpc) is 2.16. The van der Waals surface area contributed by atoms with Gasteiger partial charge in [-0.2, -0.15) is 0 Å². The van der Waals surface area contributed by atoms with E-state index in [1.54, 1.807) is 24.3 Å². The fraction of sp³-hybridized carbons (Fsp3) is 0.100. The van der Waals surface area contributed by atoms with Crippen molar-refractivity contribution in [2.24, 2.45) is 0 Å². The van der Waals surface area contributed by atoms with Gasteiger partial charge in [-0.05, 0) is 17.7 Å². The number of fused-ring (bicyclic) bond motifs is 1. The second kappa shape index (κ2) is 3.71. The van der Waals surface area contributed by atoms with Gasteiger partial charge in [0.25, 0.3) is 5.24 Å². The van der Waals surface area contributed by atoms with Crippen LogP contribution in [0.25, 0.3) is 0 Å². The molecule has 0 bridgehead atoms. The molecule has 15 heavy (non-hydrogen) atoms. The Bertz CT molecular complexity index is 452. The molecule has 1 aliphatic heterocycles. The molecular weight excluding hydrogens is 258 g/mol. The van der Waals surface area contributed by atoms with Gasteiger partial charge in [0.1, 0.15) is 5.75 Å². The first-order chi connectivity index (χ1) is 7.00. The lowest BCUT2D eigenvalue weighted by Gasteiger charge is -2.25. The summed E-state index contributed by atoms with van der Waals surface area (Å²) in [6, 6.07) is 6.93. The topological polar surface area (TPSA) is 26.3 Å². The zero-order valence-electron chi connectivity index (χ0n) is 7.34. The Morgan fingerprint density at radius 2 is 1.93 bits per heavy atom. The highest BCUT2D eigenvalue weighted by Gasteiger charge is 2.34. The van der Waals surface area contributed by atoms with E-state index in [-0.39, 0.29) is 5.76 Å². The van der Waals surface area contributed by atoms with Crippen molar-refractivity contribution in [2.45, 2.75) is 4.33 Å². The van der Waals surface area contributed by atoms with E-state index < -0.39 is 9.58 Å². The van der Waals surface area contributed by atoms with Crippen LogP contribution >= 0.6 is 34.8 Å². The molecule has 0 saturated heterocycles. The van der Waals surface area contributed by atoms with Crippen LogP contribution in [0.4, 0.5) is 0 Å². The lowest BCUT2D eigenvalue weighted by Crippen LogP contribution is -2.19. The Morgan fingerprint density at radius 3 is 2.60 bits per heavy atom. The summed E-state index contributed by atoms with van der Waals surface area (Å²) < 4.78 is 3.96. The van der Waals surface area contributed by atoms with Crippen molar-refractivity contribution in [3.8, 4) is 5.75 Å². The predicted octanol–water partition coefficient (Wildman–Crippen LogP) is 3.36. The molecule has 0 radical (unpaired) electrons. The van der Waals surface area contributed by atoms with Gasteiger partial charge in [0.05, 0.1) is 0 Å². The van der Waals surface area contributed by atoms with E-state index >= 15 is 0 Å². The summed E-state index contributed by atoms with van der Waals surface area (Å²) in [4.78, 5) is 11.0. The molecule has 0 unspecified atom stereocenters. The Labute approximate surface area is 101 Å². The molecule has 2 nitrogen and oxygen atoms in total. The SMILES string of the molecule is O=C(Cl)C1=CC(Cl)(Cl)c2ccccc2O1. The van der Waals surface area contributed by atoms with Crippen LogP contribution in [0, 0.1) is 0 Å². The minimum Gasteiger partial charge on any atom is -0.452 e. The Balaban J connectivity index is 2.54. The zero-order chi connectivity index (χ0) is 11.1. The third kappa shape index (κ3) is 1.98. The number of hydrogen-bond donors (Lipinski definition) is 0. The molecule has 0 aromatic heterocycles. The molecule has 0 aliphatic carbocycles. The Hall–Kier alpha value is -0.700. The van der Waals surface area contributed by atoms with Gasteiger partial charge in [-0.15, -0.1) is 0 Å². The van der Waals surface area contributed by atoms with Gasteiger partial charge in [0.15, 0.2) is 10.1 Å². The molecule has 2 rings (SSSR count). The normalized spacial score (nSPS) is 17.4. The highest BCUT2D eigenvalue weighted by molar-refractivity contribution is 6.67. The Kier molecular flexibility index (Phi) is 2.67. The van der Waals surface area contributed by atoms with Crippen LogP contribution in [0.5, 0.6) is 5.75 Å². The number of allylic oxidation sites excluding steroid dienone is 2. The van der Waals surface area contributed by atoms with Gasteiger partial charge in [-0.25, -0.2) is 0 Å². The minimum atomic E-state index is -1.28.